The van der Waals surface area contributed by atoms with Crippen LogP contribution in [0.3, 0.4) is 0 Å². The summed E-state index contributed by atoms with van der Waals surface area (Å²) in [5.41, 5.74) is 0. The van der Waals surface area contributed by atoms with Crippen molar-refractivity contribution in [2.75, 3.05) is 13.7 Å². The minimum absolute atomic E-state index is 0.0616. The molecule has 0 saturated heterocycles. The number of aliphatic carboxylic acids is 1. The molecule has 17 heavy (non-hydrogen) atoms. The van der Waals surface area contributed by atoms with Crippen molar-refractivity contribution in [1.82, 2.24) is 5.32 Å². The van der Waals surface area contributed by atoms with E-state index in [1.54, 1.807) is 6.08 Å². The molecule has 92 valence electrons. The van der Waals surface area contributed by atoms with Gasteiger partial charge in [-0.1, -0.05) is 6.07 Å². The van der Waals surface area contributed by atoms with Crippen LogP contribution in [0.5, 0.6) is 0 Å². The molecule has 0 aliphatic carbocycles. The number of carboxylic acids is 1. The first-order chi connectivity index (χ1) is 8.13. The van der Waals surface area contributed by atoms with Crippen LogP contribution < -0.4 is 5.32 Å². The second-order valence-corrected chi connectivity index (χ2v) is 4.18. The molecule has 0 saturated carbocycles. The Morgan fingerprint density at radius 1 is 1.65 bits per heavy atom. The number of ether oxygens (including phenoxy) is 1. The third kappa shape index (κ3) is 4.80. The van der Waals surface area contributed by atoms with Crippen LogP contribution in [-0.2, 0) is 14.3 Å². The molecule has 6 heteroatoms. The third-order valence-electron chi connectivity index (χ3n) is 1.89. The molecule has 1 atom stereocenters. The highest BCUT2D eigenvalue weighted by atomic mass is 32.1. The number of rotatable bonds is 6. The summed E-state index contributed by atoms with van der Waals surface area (Å²) < 4.78 is 4.70. The smallest absolute Gasteiger partial charge is 0.328 e. The van der Waals surface area contributed by atoms with Crippen molar-refractivity contribution in [3.05, 3.63) is 28.5 Å². The molecule has 1 heterocycles. The van der Waals surface area contributed by atoms with Crippen LogP contribution in [-0.4, -0.2) is 36.7 Å². The van der Waals surface area contributed by atoms with E-state index in [0.29, 0.717) is 0 Å². The molecule has 0 bridgehead atoms. The summed E-state index contributed by atoms with van der Waals surface area (Å²) in [6.07, 6.45) is 2.93. The predicted molar refractivity (Wildman–Crippen MR) is 64.8 cm³/mol. The summed E-state index contributed by atoms with van der Waals surface area (Å²) in [7, 11) is 1.38. The van der Waals surface area contributed by atoms with Crippen molar-refractivity contribution in [1.29, 1.82) is 0 Å². The van der Waals surface area contributed by atoms with Gasteiger partial charge in [0.2, 0.25) is 5.91 Å². The van der Waals surface area contributed by atoms with Gasteiger partial charge in [0.1, 0.15) is 0 Å². The monoisotopic (exact) mass is 255 g/mol. The van der Waals surface area contributed by atoms with Crippen molar-refractivity contribution in [3.63, 3.8) is 0 Å². The number of thiophene rings is 1. The van der Waals surface area contributed by atoms with Crippen molar-refractivity contribution in [2.24, 2.45) is 0 Å². The maximum Gasteiger partial charge on any atom is 0.328 e. The Morgan fingerprint density at radius 3 is 2.94 bits per heavy atom. The summed E-state index contributed by atoms with van der Waals surface area (Å²) in [6, 6.07) is 2.70. The lowest BCUT2D eigenvalue weighted by Crippen LogP contribution is -2.43. The number of hydrogen-bond donors (Lipinski definition) is 2. The van der Waals surface area contributed by atoms with Crippen molar-refractivity contribution in [2.45, 2.75) is 6.04 Å². The van der Waals surface area contributed by atoms with E-state index in [0.717, 1.165) is 4.88 Å². The molecule has 0 aliphatic heterocycles. The average Bonchev–Trinajstić information content (AvgIpc) is 2.78. The number of methoxy groups -OCH3 is 1. The minimum atomic E-state index is -1.12. The molecule has 0 spiro atoms. The van der Waals surface area contributed by atoms with E-state index in [4.69, 9.17) is 9.84 Å². The predicted octanol–water partition coefficient (Wildman–Crippen LogP) is 0.977. The first kappa shape index (κ1) is 13.4. The highest BCUT2D eigenvalue weighted by Gasteiger charge is 2.18. The van der Waals surface area contributed by atoms with E-state index in [1.165, 1.54) is 24.5 Å². The van der Waals surface area contributed by atoms with Gasteiger partial charge in [-0.2, -0.15) is 0 Å². The summed E-state index contributed by atoms with van der Waals surface area (Å²) in [4.78, 5) is 23.1. The Hall–Kier alpha value is -1.66. The molecule has 1 aromatic rings. The number of carbonyl (C=O) groups excluding carboxylic acids is 1. The molecule has 0 aromatic carbocycles. The Kier molecular flexibility index (Phi) is 5.38. The summed E-state index contributed by atoms with van der Waals surface area (Å²) >= 11 is 1.49. The van der Waals surface area contributed by atoms with Gasteiger partial charge in [-0.05, 0) is 17.5 Å². The zero-order valence-electron chi connectivity index (χ0n) is 9.25. The molecule has 5 nitrogen and oxygen atoms in total. The van der Waals surface area contributed by atoms with Gasteiger partial charge in [-0.25, -0.2) is 4.79 Å². The molecule has 1 amide bonds. The van der Waals surface area contributed by atoms with E-state index in [2.05, 4.69) is 5.32 Å². The van der Waals surface area contributed by atoms with E-state index in [-0.39, 0.29) is 6.61 Å². The Morgan fingerprint density at radius 2 is 2.41 bits per heavy atom. The summed E-state index contributed by atoms with van der Waals surface area (Å²) in [5, 5.41) is 13.0. The fourth-order valence-electron chi connectivity index (χ4n) is 1.11. The highest BCUT2D eigenvalue weighted by molar-refractivity contribution is 7.10. The number of carboxylic acid groups (broad SMARTS) is 1. The van der Waals surface area contributed by atoms with Gasteiger partial charge in [0.25, 0.3) is 0 Å². The van der Waals surface area contributed by atoms with Gasteiger partial charge < -0.3 is 15.2 Å². The highest BCUT2D eigenvalue weighted by Crippen LogP contribution is 2.09. The molecular formula is C11H13NO4S. The maximum absolute atomic E-state index is 11.4. The SMILES string of the molecule is COCC(NC(=O)/C=C/c1cccs1)C(=O)O. The number of amides is 1. The van der Waals surface area contributed by atoms with E-state index >= 15 is 0 Å². The van der Waals surface area contributed by atoms with Gasteiger partial charge in [0.15, 0.2) is 6.04 Å². The average molecular weight is 255 g/mol. The third-order valence-corrected chi connectivity index (χ3v) is 2.73. The first-order valence-electron chi connectivity index (χ1n) is 4.87. The Balaban J connectivity index is 2.50. The van der Waals surface area contributed by atoms with Gasteiger partial charge in [-0.3, -0.25) is 4.79 Å². The normalized spacial score (nSPS) is 12.5. The largest absolute Gasteiger partial charge is 0.480 e. The Bertz CT molecular complexity index is 400. The lowest BCUT2D eigenvalue weighted by atomic mass is 10.3. The zero-order chi connectivity index (χ0) is 12.7. The van der Waals surface area contributed by atoms with Crippen LogP contribution in [0.1, 0.15) is 4.88 Å². The van der Waals surface area contributed by atoms with E-state index in [9.17, 15) is 9.59 Å². The van der Waals surface area contributed by atoms with Crippen LogP contribution in [0.15, 0.2) is 23.6 Å². The fourth-order valence-corrected chi connectivity index (χ4v) is 1.72. The van der Waals surface area contributed by atoms with Gasteiger partial charge in [-0.15, -0.1) is 11.3 Å². The quantitative estimate of drug-likeness (QED) is 0.743. The number of carbonyl (C=O) groups is 2. The van der Waals surface area contributed by atoms with Crippen LogP contribution in [0.4, 0.5) is 0 Å². The topological polar surface area (TPSA) is 75.6 Å². The van der Waals surface area contributed by atoms with Crippen LogP contribution in [0.25, 0.3) is 6.08 Å². The molecule has 0 aliphatic rings. The van der Waals surface area contributed by atoms with E-state index in [1.807, 2.05) is 17.5 Å². The fraction of sp³-hybridized carbons (Fsp3) is 0.273. The molecule has 0 fully saturated rings. The van der Waals surface area contributed by atoms with Gasteiger partial charge in [0, 0.05) is 18.1 Å². The second kappa shape index (κ2) is 6.82. The van der Waals surface area contributed by atoms with Crippen LogP contribution in [0.2, 0.25) is 0 Å². The van der Waals surface area contributed by atoms with Crippen LogP contribution in [0, 0.1) is 0 Å². The second-order valence-electron chi connectivity index (χ2n) is 3.20. The number of nitrogens with one attached hydrogen (secondary N) is 1. The molecule has 0 radical (unpaired) electrons. The molecule has 1 unspecified atom stereocenters. The molecular weight excluding hydrogens is 242 g/mol. The lowest BCUT2D eigenvalue weighted by molar-refractivity contribution is -0.142. The van der Waals surface area contributed by atoms with Crippen LogP contribution >= 0.6 is 11.3 Å². The molecule has 1 rings (SSSR count). The summed E-state index contributed by atoms with van der Waals surface area (Å²) in [5.74, 6) is -1.58. The van der Waals surface area contributed by atoms with Crippen molar-refractivity contribution < 1.29 is 19.4 Å². The number of hydrogen-bond acceptors (Lipinski definition) is 4. The van der Waals surface area contributed by atoms with Crippen molar-refractivity contribution >= 4 is 29.3 Å². The van der Waals surface area contributed by atoms with E-state index < -0.39 is 17.9 Å². The lowest BCUT2D eigenvalue weighted by Gasteiger charge is -2.11. The first-order valence-corrected chi connectivity index (χ1v) is 5.75. The molecule has 1 aromatic heterocycles. The van der Waals surface area contributed by atoms with Gasteiger partial charge >= 0.3 is 5.97 Å². The Labute approximate surface area is 103 Å². The maximum atomic E-state index is 11.4. The van der Waals surface area contributed by atoms with Gasteiger partial charge in [0.05, 0.1) is 6.61 Å². The standard InChI is InChI=1S/C11H13NO4S/c1-16-7-9(11(14)15)12-10(13)5-4-8-3-2-6-17-8/h2-6,9H,7H2,1H3,(H,12,13)(H,14,15)/b5-4+. The summed E-state index contributed by atoms with van der Waals surface area (Å²) in [6.45, 7) is -0.0616. The zero-order valence-corrected chi connectivity index (χ0v) is 10.1. The van der Waals surface area contributed by atoms with Crippen molar-refractivity contribution in [3.8, 4) is 0 Å². The molecule has 2 N–H and O–H groups in total. The minimum Gasteiger partial charge on any atom is -0.480 e.